The number of nitrogens with zero attached hydrogens (tertiary/aromatic N) is 2. The van der Waals surface area contributed by atoms with E-state index in [-0.39, 0.29) is 17.2 Å². The molecule has 0 atom stereocenters. The number of carbonyl (C=O) groups is 1. The molecule has 0 aromatic heterocycles. The molecule has 0 spiro atoms. The number of hydrogen-bond donors (Lipinski definition) is 1. The van der Waals surface area contributed by atoms with Crippen molar-refractivity contribution >= 4 is 21.6 Å². The molecule has 0 radical (unpaired) electrons. The van der Waals surface area contributed by atoms with Gasteiger partial charge in [-0.2, -0.15) is 0 Å². The number of anilines is 1. The van der Waals surface area contributed by atoms with Crippen LogP contribution in [0.25, 0.3) is 0 Å². The quantitative estimate of drug-likeness (QED) is 0.551. The SMILES string of the molecule is COc1ccc(S(=O)(=O)N(C)C)cc1CCC(=O)NCCCN(C)c1ccccc1. The van der Waals surface area contributed by atoms with Crippen molar-refractivity contribution in [3.05, 3.63) is 54.1 Å². The third-order valence-electron chi connectivity index (χ3n) is 4.84. The first-order valence-electron chi connectivity index (χ1n) is 9.88. The fourth-order valence-corrected chi connectivity index (χ4v) is 3.97. The van der Waals surface area contributed by atoms with Crippen LogP contribution in [0.4, 0.5) is 5.69 Å². The van der Waals surface area contributed by atoms with E-state index in [4.69, 9.17) is 4.74 Å². The average Bonchev–Trinajstić information content (AvgIpc) is 2.75. The summed E-state index contributed by atoms with van der Waals surface area (Å²) in [4.78, 5) is 14.6. The van der Waals surface area contributed by atoms with Gasteiger partial charge in [0.15, 0.2) is 0 Å². The zero-order chi connectivity index (χ0) is 22.1. The lowest BCUT2D eigenvalue weighted by Crippen LogP contribution is -2.28. The summed E-state index contributed by atoms with van der Waals surface area (Å²) < 4.78 is 31.2. The van der Waals surface area contributed by atoms with Crippen molar-refractivity contribution in [1.82, 2.24) is 9.62 Å². The van der Waals surface area contributed by atoms with E-state index in [0.29, 0.717) is 24.3 Å². The number of rotatable bonds is 11. The van der Waals surface area contributed by atoms with Gasteiger partial charge in [0.2, 0.25) is 15.9 Å². The Balaban J connectivity index is 1.85. The third-order valence-corrected chi connectivity index (χ3v) is 6.65. The second-order valence-corrected chi connectivity index (χ2v) is 9.37. The first kappa shape index (κ1) is 23.7. The molecule has 0 fully saturated rings. The smallest absolute Gasteiger partial charge is 0.242 e. The number of benzene rings is 2. The highest BCUT2D eigenvalue weighted by atomic mass is 32.2. The maximum Gasteiger partial charge on any atom is 0.242 e. The van der Waals surface area contributed by atoms with E-state index in [1.54, 1.807) is 12.1 Å². The summed E-state index contributed by atoms with van der Waals surface area (Å²) in [6.45, 7) is 1.42. The van der Waals surface area contributed by atoms with Crippen LogP contribution in [0.3, 0.4) is 0 Å². The molecule has 0 aliphatic rings. The van der Waals surface area contributed by atoms with E-state index in [1.165, 1.54) is 27.3 Å². The summed E-state index contributed by atoms with van der Waals surface area (Å²) in [5, 5.41) is 2.93. The minimum atomic E-state index is -3.54. The zero-order valence-corrected chi connectivity index (χ0v) is 18.9. The van der Waals surface area contributed by atoms with Gasteiger partial charge in [-0.05, 0) is 48.7 Å². The highest BCUT2D eigenvalue weighted by molar-refractivity contribution is 7.89. The predicted molar refractivity (Wildman–Crippen MR) is 120 cm³/mol. The molecular weight excluding hydrogens is 402 g/mol. The van der Waals surface area contributed by atoms with Gasteiger partial charge in [-0.1, -0.05) is 18.2 Å². The molecule has 7 nitrogen and oxygen atoms in total. The zero-order valence-electron chi connectivity index (χ0n) is 18.1. The van der Waals surface area contributed by atoms with E-state index in [9.17, 15) is 13.2 Å². The van der Waals surface area contributed by atoms with Gasteiger partial charge in [-0.25, -0.2) is 12.7 Å². The monoisotopic (exact) mass is 433 g/mol. The maximum absolute atomic E-state index is 12.4. The molecule has 2 aromatic carbocycles. The van der Waals surface area contributed by atoms with Gasteiger partial charge in [-0.3, -0.25) is 4.79 Å². The first-order valence-corrected chi connectivity index (χ1v) is 11.3. The summed E-state index contributed by atoms with van der Waals surface area (Å²) >= 11 is 0. The van der Waals surface area contributed by atoms with E-state index in [2.05, 4.69) is 22.3 Å². The van der Waals surface area contributed by atoms with Gasteiger partial charge in [-0.15, -0.1) is 0 Å². The molecule has 0 bridgehead atoms. The molecule has 0 saturated carbocycles. The lowest BCUT2D eigenvalue weighted by atomic mass is 10.1. The normalized spacial score (nSPS) is 11.4. The Bertz CT molecular complexity index is 931. The number of ether oxygens (including phenoxy) is 1. The number of methoxy groups -OCH3 is 1. The van der Waals surface area contributed by atoms with Crippen molar-refractivity contribution in [3.8, 4) is 5.75 Å². The molecule has 0 aliphatic carbocycles. The maximum atomic E-state index is 12.4. The highest BCUT2D eigenvalue weighted by Gasteiger charge is 2.19. The van der Waals surface area contributed by atoms with Gasteiger partial charge < -0.3 is 15.0 Å². The number of carbonyl (C=O) groups excluding carboxylic acids is 1. The molecule has 1 N–H and O–H groups in total. The fourth-order valence-electron chi connectivity index (χ4n) is 3.01. The number of para-hydroxylation sites is 1. The molecule has 0 saturated heterocycles. The highest BCUT2D eigenvalue weighted by Crippen LogP contribution is 2.25. The van der Waals surface area contributed by atoms with Crippen molar-refractivity contribution < 1.29 is 17.9 Å². The van der Waals surface area contributed by atoms with Crippen molar-refractivity contribution in [2.75, 3.05) is 46.2 Å². The molecule has 164 valence electrons. The summed E-state index contributed by atoms with van der Waals surface area (Å²) in [6, 6.07) is 14.8. The number of sulfonamides is 1. The van der Waals surface area contributed by atoms with Gasteiger partial charge in [0.05, 0.1) is 12.0 Å². The van der Waals surface area contributed by atoms with E-state index in [1.807, 2.05) is 25.2 Å². The van der Waals surface area contributed by atoms with Gasteiger partial charge >= 0.3 is 0 Å². The Morgan fingerprint density at radius 3 is 2.40 bits per heavy atom. The molecule has 30 heavy (non-hydrogen) atoms. The molecule has 1 amide bonds. The van der Waals surface area contributed by atoms with Crippen LogP contribution in [0.1, 0.15) is 18.4 Å². The Kier molecular flexibility index (Phi) is 8.68. The van der Waals surface area contributed by atoms with Crippen molar-refractivity contribution in [3.63, 3.8) is 0 Å². The van der Waals surface area contributed by atoms with Gasteiger partial charge in [0.25, 0.3) is 0 Å². The van der Waals surface area contributed by atoms with Gasteiger partial charge in [0.1, 0.15) is 5.75 Å². The molecule has 0 unspecified atom stereocenters. The predicted octanol–water partition coefficient (Wildman–Crippen LogP) is 2.52. The number of hydrogen-bond acceptors (Lipinski definition) is 5. The second-order valence-electron chi connectivity index (χ2n) is 7.22. The lowest BCUT2D eigenvalue weighted by Gasteiger charge is -2.19. The van der Waals surface area contributed by atoms with Crippen LogP contribution in [0.5, 0.6) is 5.75 Å². The van der Waals surface area contributed by atoms with Crippen LogP contribution < -0.4 is 15.0 Å². The lowest BCUT2D eigenvalue weighted by molar-refractivity contribution is -0.121. The molecular formula is C22H31N3O4S. The van der Waals surface area contributed by atoms with Crippen molar-refractivity contribution in [1.29, 1.82) is 0 Å². The molecule has 8 heteroatoms. The number of nitrogens with one attached hydrogen (secondary N) is 1. The minimum absolute atomic E-state index is 0.0692. The molecule has 2 rings (SSSR count). The Labute approximate surface area is 179 Å². The summed E-state index contributed by atoms with van der Waals surface area (Å²) in [6.07, 6.45) is 1.49. The summed E-state index contributed by atoms with van der Waals surface area (Å²) in [7, 11) is 2.99. The van der Waals surface area contributed by atoms with Crippen molar-refractivity contribution in [2.45, 2.75) is 24.2 Å². The van der Waals surface area contributed by atoms with Crippen LogP contribution in [-0.2, 0) is 21.2 Å². The average molecular weight is 434 g/mol. The molecule has 0 heterocycles. The van der Waals surface area contributed by atoms with Gasteiger partial charge in [0, 0.05) is 46.3 Å². The van der Waals surface area contributed by atoms with Crippen LogP contribution in [0.15, 0.2) is 53.4 Å². The Morgan fingerprint density at radius 1 is 1.07 bits per heavy atom. The van der Waals surface area contributed by atoms with Crippen LogP contribution in [-0.4, -0.2) is 60.0 Å². The minimum Gasteiger partial charge on any atom is -0.496 e. The standard InChI is InChI=1S/C22H31N3O4S/c1-24(2)30(27,28)20-12-13-21(29-4)18(17-20)11-14-22(26)23-15-8-16-25(3)19-9-6-5-7-10-19/h5-7,9-10,12-13,17H,8,11,14-16H2,1-4H3,(H,23,26). The number of amides is 1. The number of aryl methyl sites for hydroxylation is 1. The van der Waals surface area contributed by atoms with Crippen LogP contribution in [0, 0.1) is 0 Å². The largest absolute Gasteiger partial charge is 0.496 e. The summed E-state index contributed by atoms with van der Waals surface area (Å²) in [5.41, 5.74) is 1.84. The first-order chi connectivity index (χ1) is 14.3. The third kappa shape index (κ3) is 6.47. The van der Waals surface area contributed by atoms with E-state index in [0.717, 1.165) is 23.0 Å². The Hall–Kier alpha value is -2.58. The Morgan fingerprint density at radius 2 is 1.77 bits per heavy atom. The topological polar surface area (TPSA) is 79.0 Å². The van der Waals surface area contributed by atoms with E-state index >= 15 is 0 Å². The van der Waals surface area contributed by atoms with Crippen LogP contribution in [0.2, 0.25) is 0 Å². The second kappa shape index (κ2) is 11.0. The molecule has 2 aromatic rings. The van der Waals surface area contributed by atoms with Crippen LogP contribution >= 0.6 is 0 Å². The fraction of sp³-hybridized carbons (Fsp3) is 0.409. The summed E-state index contributed by atoms with van der Waals surface area (Å²) in [5.74, 6) is 0.505. The van der Waals surface area contributed by atoms with E-state index < -0.39 is 10.0 Å². The van der Waals surface area contributed by atoms with Crippen molar-refractivity contribution in [2.24, 2.45) is 0 Å². The molecule has 0 aliphatic heterocycles.